The standard InChI is InChI=1S/C31H33BrF4N2O7/c32-21-15-24-20(14-22(21)33)23(38-17-25(31(34,35)36)44-26(27(38)39)30(41)8-12-42-13-9-30)16-29(45-24)6-10-37(11-7-29)28(40)43-18-19-4-2-1-3-5-19/h1-5,14-15,23,25-26,41H,6-13,16-18H2. The molecule has 2 amide bonds. The van der Waals surface area contributed by atoms with Crippen LogP contribution in [0.2, 0.25) is 0 Å². The number of hydrogen-bond acceptors (Lipinski definition) is 7. The number of halogens is 5. The van der Waals surface area contributed by atoms with Crippen LogP contribution >= 0.6 is 15.9 Å². The molecule has 9 nitrogen and oxygen atoms in total. The number of alkyl halides is 3. The van der Waals surface area contributed by atoms with E-state index >= 15 is 0 Å². The first-order chi connectivity index (χ1) is 21.4. The average Bonchev–Trinajstić information content (AvgIpc) is 3.01. The number of fused-ring (bicyclic) bond motifs is 1. The summed E-state index contributed by atoms with van der Waals surface area (Å²) in [5.74, 6) is -1.25. The van der Waals surface area contributed by atoms with Gasteiger partial charge in [-0.25, -0.2) is 9.18 Å². The lowest BCUT2D eigenvalue weighted by molar-refractivity contribution is -0.276. The van der Waals surface area contributed by atoms with Crippen molar-refractivity contribution in [1.29, 1.82) is 0 Å². The minimum Gasteiger partial charge on any atom is -0.487 e. The number of rotatable bonds is 4. The second-order valence-corrected chi connectivity index (χ2v) is 12.9. The Morgan fingerprint density at radius 1 is 1.09 bits per heavy atom. The third-order valence-corrected chi connectivity index (χ3v) is 9.81. The number of amides is 2. The number of likely N-dealkylation sites (tertiary alicyclic amines) is 1. The van der Waals surface area contributed by atoms with Crippen LogP contribution in [0.15, 0.2) is 46.9 Å². The highest BCUT2D eigenvalue weighted by Gasteiger charge is 2.58. The van der Waals surface area contributed by atoms with Gasteiger partial charge in [-0.2, -0.15) is 13.2 Å². The lowest BCUT2D eigenvalue weighted by Gasteiger charge is -2.52. The Kier molecular flexibility index (Phi) is 8.78. The van der Waals surface area contributed by atoms with Gasteiger partial charge in [0.1, 0.15) is 29.4 Å². The number of piperidine rings is 1. The summed E-state index contributed by atoms with van der Waals surface area (Å²) in [7, 11) is 0. The van der Waals surface area contributed by atoms with E-state index in [-0.39, 0.29) is 68.0 Å². The van der Waals surface area contributed by atoms with E-state index in [1.54, 1.807) is 4.90 Å². The Morgan fingerprint density at radius 3 is 2.44 bits per heavy atom. The zero-order chi connectivity index (χ0) is 32.0. The van der Waals surface area contributed by atoms with E-state index in [1.165, 1.54) is 6.07 Å². The van der Waals surface area contributed by atoms with Crippen molar-refractivity contribution in [2.45, 2.75) is 74.3 Å². The van der Waals surface area contributed by atoms with Gasteiger partial charge in [0.2, 0.25) is 0 Å². The SMILES string of the molecule is O=C(OCc1ccccc1)N1CCC2(CC1)CC(N1CC(C(F)(F)F)OC(C3(O)CCOCC3)C1=O)c1cc(F)c(Br)cc1O2. The van der Waals surface area contributed by atoms with Gasteiger partial charge in [-0.05, 0) is 33.6 Å². The first-order valence-corrected chi connectivity index (χ1v) is 15.6. The maximum absolute atomic E-state index is 14.9. The molecule has 2 aromatic rings. The molecule has 0 radical (unpaired) electrons. The van der Waals surface area contributed by atoms with Crippen LogP contribution in [0.3, 0.4) is 0 Å². The molecule has 14 heteroatoms. The van der Waals surface area contributed by atoms with Crippen molar-refractivity contribution in [2.24, 2.45) is 0 Å². The molecule has 0 bridgehead atoms. The van der Waals surface area contributed by atoms with Gasteiger partial charge in [0.05, 0.1) is 17.1 Å². The van der Waals surface area contributed by atoms with E-state index in [0.717, 1.165) is 16.5 Å². The Hall–Kier alpha value is -2.94. The van der Waals surface area contributed by atoms with Gasteiger partial charge in [0.25, 0.3) is 5.91 Å². The number of ether oxygens (including phenoxy) is 4. The fourth-order valence-electron chi connectivity index (χ4n) is 6.61. The fourth-order valence-corrected chi connectivity index (χ4v) is 6.93. The number of benzene rings is 2. The molecular weight excluding hydrogens is 668 g/mol. The van der Waals surface area contributed by atoms with Crippen molar-refractivity contribution in [3.05, 3.63) is 63.9 Å². The average molecular weight is 702 g/mol. The number of morpholine rings is 1. The number of hydrogen-bond donors (Lipinski definition) is 1. The third kappa shape index (κ3) is 6.51. The van der Waals surface area contributed by atoms with E-state index < -0.39 is 60.0 Å². The fraction of sp³-hybridized carbons (Fsp3) is 0.548. The highest BCUT2D eigenvalue weighted by molar-refractivity contribution is 9.10. The molecule has 4 heterocycles. The second-order valence-electron chi connectivity index (χ2n) is 12.1. The number of nitrogens with zero attached hydrogens (tertiary/aromatic N) is 2. The van der Waals surface area contributed by atoms with E-state index in [0.29, 0.717) is 12.8 Å². The molecule has 3 atom stereocenters. The Labute approximate surface area is 265 Å². The van der Waals surface area contributed by atoms with Crippen LogP contribution in [-0.4, -0.2) is 89.3 Å². The molecule has 3 fully saturated rings. The van der Waals surface area contributed by atoms with E-state index in [2.05, 4.69) is 15.9 Å². The number of aliphatic hydroxyl groups is 1. The summed E-state index contributed by atoms with van der Waals surface area (Å²) in [5.41, 5.74) is -1.77. The van der Waals surface area contributed by atoms with Crippen LogP contribution in [0.5, 0.6) is 5.75 Å². The third-order valence-electron chi connectivity index (χ3n) is 9.20. The van der Waals surface area contributed by atoms with Crippen LogP contribution in [0.4, 0.5) is 22.4 Å². The van der Waals surface area contributed by atoms with Gasteiger partial charge in [0.15, 0.2) is 12.2 Å². The van der Waals surface area contributed by atoms with Crippen molar-refractivity contribution < 1.29 is 51.2 Å². The maximum atomic E-state index is 14.9. The summed E-state index contributed by atoms with van der Waals surface area (Å²) in [6.07, 6.45) is -8.99. The lowest BCUT2D eigenvalue weighted by Crippen LogP contribution is -2.65. The molecule has 1 N–H and O–H groups in total. The van der Waals surface area contributed by atoms with Crippen molar-refractivity contribution in [3.63, 3.8) is 0 Å². The summed E-state index contributed by atoms with van der Waals surface area (Å²) in [6, 6.07) is 10.8. The molecule has 244 valence electrons. The lowest BCUT2D eigenvalue weighted by atomic mass is 9.79. The molecule has 4 aliphatic heterocycles. The molecule has 1 spiro atoms. The van der Waals surface area contributed by atoms with Gasteiger partial charge < -0.3 is 33.9 Å². The summed E-state index contributed by atoms with van der Waals surface area (Å²) >= 11 is 3.17. The normalized spacial score (nSPS) is 26.3. The summed E-state index contributed by atoms with van der Waals surface area (Å²) < 4.78 is 80.1. The first kappa shape index (κ1) is 32.0. The van der Waals surface area contributed by atoms with Crippen LogP contribution in [-0.2, 0) is 25.6 Å². The smallest absolute Gasteiger partial charge is 0.416 e. The molecule has 3 unspecified atom stereocenters. The van der Waals surface area contributed by atoms with E-state index in [4.69, 9.17) is 18.9 Å². The minimum atomic E-state index is -4.83. The van der Waals surface area contributed by atoms with Gasteiger partial charge in [-0.3, -0.25) is 4.79 Å². The molecule has 0 saturated carbocycles. The summed E-state index contributed by atoms with van der Waals surface area (Å²) in [6.45, 7) is -0.126. The molecule has 0 aliphatic carbocycles. The van der Waals surface area contributed by atoms with E-state index in [9.17, 15) is 32.3 Å². The monoisotopic (exact) mass is 700 g/mol. The molecule has 45 heavy (non-hydrogen) atoms. The Balaban J connectivity index is 1.27. The molecule has 6 rings (SSSR count). The summed E-state index contributed by atoms with van der Waals surface area (Å²) in [5, 5.41) is 11.3. The van der Waals surface area contributed by atoms with Gasteiger partial charge >= 0.3 is 12.3 Å². The van der Waals surface area contributed by atoms with Crippen LogP contribution in [0.25, 0.3) is 0 Å². The van der Waals surface area contributed by atoms with Crippen LogP contribution in [0, 0.1) is 5.82 Å². The quantitative estimate of drug-likeness (QED) is 0.434. The highest BCUT2D eigenvalue weighted by atomic mass is 79.9. The largest absolute Gasteiger partial charge is 0.487 e. The van der Waals surface area contributed by atoms with Crippen molar-refractivity contribution >= 4 is 27.9 Å². The topological polar surface area (TPSA) is 97.8 Å². The highest BCUT2D eigenvalue weighted by Crippen LogP contribution is 2.50. The van der Waals surface area contributed by atoms with Gasteiger partial charge in [-0.15, -0.1) is 0 Å². The van der Waals surface area contributed by atoms with E-state index in [1.807, 2.05) is 30.3 Å². The molecule has 4 aliphatic rings. The summed E-state index contributed by atoms with van der Waals surface area (Å²) in [4.78, 5) is 29.4. The predicted octanol–water partition coefficient (Wildman–Crippen LogP) is 5.28. The first-order valence-electron chi connectivity index (χ1n) is 14.8. The molecule has 0 aromatic heterocycles. The number of carbonyl (C=O) groups is 2. The van der Waals surface area contributed by atoms with Crippen molar-refractivity contribution in [1.82, 2.24) is 9.80 Å². The van der Waals surface area contributed by atoms with Gasteiger partial charge in [-0.1, -0.05) is 30.3 Å². The van der Waals surface area contributed by atoms with Gasteiger partial charge in [0, 0.05) is 64.0 Å². The van der Waals surface area contributed by atoms with Crippen molar-refractivity contribution in [3.8, 4) is 5.75 Å². The predicted molar refractivity (Wildman–Crippen MR) is 154 cm³/mol. The zero-order valence-electron chi connectivity index (χ0n) is 24.2. The Bertz CT molecular complexity index is 1410. The molecule has 2 aromatic carbocycles. The Morgan fingerprint density at radius 2 is 1.78 bits per heavy atom. The van der Waals surface area contributed by atoms with Crippen LogP contribution in [0.1, 0.15) is 49.3 Å². The zero-order valence-corrected chi connectivity index (χ0v) is 25.8. The molecule has 3 saturated heterocycles. The second kappa shape index (κ2) is 12.3. The minimum absolute atomic E-state index is 0.0541. The van der Waals surface area contributed by atoms with Crippen molar-refractivity contribution in [2.75, 3.05) is 32.8 Å². The molecular formula is C31H33BrF4N2O7. The van der Waals surface area contributed by atoms with Crippen LogP contribution < -0.4 is 4.74 Å². The maximum Gasteiger partial charge on any atom is 0.416 e. The number of carbonyl (C=O) groups excluding carboxylic acids is 2.